The predicted molar refractivity (Wildman–Crippen MR) is 72.5 cm³/mol. The number of nitro benzene ring substituents is 1. The van der Waals surface area contributed by atoms with Crippen LogP contribution in [-0.4, -0.2) is 19.6 Å². The van der Waals surface area contributed by atoms with Gasteiger partial charge in [0.15, 0.2) is 0 Å². The smallest absolute Gasteiger partial charge is 0.270 e. The molecule has 7 heteroatoms. The van der Waals surface area contributed by atoms with E-state index in [4.69, 9.17) is 0 Å². The number of hydrogen-bond acceptors (Lipinski definition) is 5. The number of aliphatic hydroxyl groups is 1. The van der Waals surface area contributed by atoms with Crippen LogP contribution in [0.4, 0.5) is 5.69 Å². The summed E-state index contributed by atoms with van der Waals surface area (Å²) >= 11 is 0. The summed E-state index contributed by atoms with van der Waals surface area (Å²) in [6.45, 7) is 0.497. The molecule has 0 amide bonds. The molecule has 0 unspecified atom stereocenters. The van der Waals surface area contributed by atoms with Gasteiger partial charge in [-0.25, -0.2) is 4.98 Å². The molecule has 1 aliphatic rings. The van der Waals surface area contributed by atoms with Crippen molar-refractivity contribution in [2.24, 2.45) is 0 Å². The maximum absolute atomic E-state index is 12.4. The molecule has 0 fully saturated rings. The van der Waals surface area contributed by atoms with Gasteiger partial charge in [0, 0.05) is 24.3 Å². The third kappa shape index (κ3) is 1.75. The first-order chi connectivity index (χ1) is 9.61. The van der Waals surface area contributed by atoms with Crippen LogP contribution in [0.25, 0.3) is 16.5 Å². The van der Waals surface area contributed by atoms with Gasteiger partial charge in [0.05, 0.1) is 22.1 Å². The molecule has 20 heavy (non-hydrogen) atoms. The van der Waals surface area contributed by atoms with Gasteiger partial charge in [-0.1, -0.05) is 0 Å². The maximum Gasteiger partial charge on any atom is 0.270 e. The zero-order valence-electron chi connectivity index (χ0n) is 10.4. The summed E-state index contributed by atoms with van der Waals surface area (Å²) in [6.07, 6.45) is 2.34. The first-order valence-electron chi connectivity index (χ1n) is 6.14. The molecule has 2 heterocycles. The van der Waals surface area contributed by atoms with Crippen molar-refractivity contribution in [3.8, 4) is 0 Å². The molecule has 1 N–H and O–H groups in total. The molecule has 102 valence electrons. The predicted octanol–water partition coefficient (Wildman–Crippen LogP) is 2.00. The lowest BCUT2D eigenvalue weighted by atomic mass is 10.1. The van der Waals surface area contributed by atoms with Crippen LogP contribution in [-0.2, 0) is 6.54 Å². The number of fused-ring (bicyclic) bond motifs is 2. The molecule has 0 bridgehead atoms. The molecule has 0 atom stereocenters. The maximum atomic E-state index is 12.4. The second kappa shape index (κ2) is 4.44. The Bertz CT molecular complexity index is 807. The Kier molecular flexibility index (Phi) is 2.74. The minimum atomic E-state index is -0.540. The van der Waals surface area contributed by atoms with Crippen LogP contribution < -0.4 is 5.56 Å². The first kappa shape index (κ1) is 12.3. The molecule has 0 saturated carbocycles. The topological polar surface area (TPSA) is 98.3 Å². The third-order valence-electron chi connectivity index (χ3n) is 3.42. The molecular formula is C13H11N3O4. The highest BCUT2D eigenvalue weighted by Crippen LogP contribution is 2.25. The minimum absolute atomic E-state index is 0.134. The fraction of sp³-hybridized carbons (Fsp3) is 0.231. The van der Waals surface area contributed by atoms with Gasteiger partial charge in [0.1, 0.15) is 5.82 Å². The molecule has 0 spiro atoms. The molecule has 3 rings (SSSR count). The van der Waals surface area contributed by atoms with Gasteiger partial charge in [-0.3, -0.25) is 19.5 Å². The van der Waals surface area contributed by atoms with Crippen molar-refractivity contribution < 1.29 is 10.0 Å². The highest BCUT2D eigenvalue weighted by molar-refractivity contribution is 5.81. The van der Waals surface area contributed by atoms with Crippen molar-refractivity contribution in [3.63, 3.8) is 0 Å². The van der Waals surface area contributed by atoms with E-state index < -0.39 is 4.92 Å². The van der Waals surface area contributed by atoms with Crippen molar-refractivity contribution >= 4 is 22.2 Å². The van der Waals surface area contributed by atoms with Gasteiger partial charge in [-0.05, 0) is 18.9 Å². The van der Waals surface area contributed by atoms with Crippen molar-refractivity contribution in [3.05, 3.63) is 50.8 Å². The molecule has 7 nitrogen and oxygen atoms in total. The number of non-ortho nitro benzene ring substituents is 1. The van der Waals surface area contributed by atoms with E-state index >= 15 is 0 Å². The highest BCUT2D eigenvalue weighted by atomic mass is 16.6. The molecular weight excluding hydrogens is 262 g/mol. The molecule has 1 aromatic carbocycles. The van der Waals surface area contributed by atoms with Crippen molar-refractivity contribution in [2.45, 2.75) is 19.4 Å². The fourth-order valence-corrected chi connectivity index (χ4v) is 2.44. The lowest BCUT2D eigenvalue weighted by Crippen LogP contribution is -2.28. The number of nitro groups is 1. The standard InChI is InChI=1S/C13H11N3O4/c17-7-8-2-1-5-15-12(8)14-11-4-3-9(16(19)20)6-10(11)13(15)18/h3-4,6-7,17H,1-2,5H2/b8-7-. The lowest BCUT2D eigenvalue weighted by Gasteiger charge is -2.19. The second-order valence-corrected chi connectivity index (χ2v) is 4.61. The monoisotopic (exact) mass is 273 g/mol. The molecule has 1 aliphatic heterocycles. The van der Waals surface area contributed by atoms with Gasteiger partial charge >= 0.3 is 0 Å². The van der Waals surface area contributed by atoms with Crippen LogP contribution in [0.15, 0.2) is 29.3 Å². The summed E-state index contributed by atoms with van der Waals surface area (Å²) in [5.41, 5.74) is 0.556. The molecule has 1 aromatic heterocycles. The SMILES string of the molecule is O=c1c2cc([N+](=O)[O-])ccc2nc2n1CCC/C2=C/O. The van der Waals surface area contributed by atoms with E-state index in [0.29, 0.717) is 29.9 Å². The third-order valence-corrected chi connectivity index (χ3v) is 3.42. The lowest BCUT2D eigenvalue weighted by molar-refractivity contribution is -0.384. The van der Waals surface area contributed by atoms with Crippen molar-refractivity contribution in [1.29, 1.82) is 0 Å². The number of aromatic nitrogens is 2. The number of aliphatic hydroxyl groups excluding tert-OH is 1. The van der Waals surface area contributed by atoms with E-state index in [1.54, 1.807) is 0 Å². The van der Waals surface area contributed by atoms with E-state index in [-0.39, 0.29) is 16.6 Å². The zero-order valence-corrected chi connectivity index (χ0v) is 10.4. The van der Waals surface area contributed by atoms with Gasteiger partial charge in [0.25, 0.3) is 11.2 Å². The zero-order chi connectivity index (χ0) is 14.3. The highest BCUT2D eigenvalue weighted by Gasteiger charge is 2.20. The van der Waals surface area contributed by atoms with Crippen LogP contribution in [0.1, 0.15) is 18.7 Å². The van der Waals surface area contributed by atoms with Gasteiger partial charge in [-0.2, -0.15) is 0 Å². The number of rotatable bonds is 1. The number of benzene rings is 1. The summed E-state index contributed by atoms with van der Waals surface area (Å²) in [5.74, 6) is 0.435. The molecule has 0 radical (unpaired) electrons. The van der Waals surface area contributed by atoms with Gasteiger partial charge < -0.3 is 5.11 Å². The Morgan fingerprint density at radius 1 is 1.45 bits per heavy atom. The molecule has 0 aliphatic carbocycles. The summed E-state index contributed by atoms with van der Waals surface area (Å²) in [5, 5.41) is 20.2. The Morgan fingerprint density at radius 2 is 2.25 bits per heavy atom. The second-order valence-electron chi connectivity index (χ2n) is 4.61. The molecule has 2 aromatic rings. The van der Waals surface area contributed by atoms with Crippen LogP contribution in [0.3, 0.4) is 0 Å². The Labute approximate surface area is 113 Å². The summed E-state index contributed by atoms with van der Waals surface area (Å²) in [6, 6.07) is 4.02. The quantitative estimate of drug-likeness (QED) is 0.486. The largest absolute Gasteiger partial charge is 0.515 e. The van der Waals surface area contributed by atoms with E-state index in [2.05, 4.69) is 4.98 Å². The minimum Gasteiger partial charge on any atom is -0.515 e. The van der Waals surface area contributed by atoms with Crippen LogP contribution in [0.2, 0.25) is 0 Å². The summed E-state index contributed by atoms with van der Waals surface area (Å²) in [4.78, 5) is 27.0. The number of hydrogen-bond donors (Lipinski definition) is 1. The number of nitrogens with zero attached hydrogens (tertiary/aromatic N) is 3. The van der Waals surface area contributed by atoms with Crippen LogP contribution in [0.5, 0.6) is 0 Å². The average molecular weight is 273 g/mol. The summed E-state index contributed by atoms with van der Waals surface area (Å²) < 4.78 is 1.46. The summed E-state index contributed by atoms with van der Waals surface area (Å²) in [7, 11) is 0. The first-order valence-corrected chi connectivity index (χ1v) is 6.14. The normalized spacial score (nSPS) is 16.3. The van der Waals surface area contributed by atoms with E-state index in [1.165, 1.54) is 22.8 Å². The molecule has 0 saturated heterocycles. The average Bonchev–Trinajstić information content (AvgIpc) is 2.46. The number of allylic oxidation sites excluding steroid dienone is 1. The Balaban J connectivity index is 2.35. The van der Waals surface area contributed by atoms with E-state index in [1.807, 2.05) is 0 Å². The fourth-order valence-electron chi connectivity index (χ4n) is 2.44. The van der Waals surface area contributed by atoms with Crippen LogP contribution >= 0.6 is 0 Å². The van der Waals surface area contributed by atoms with Gasteiger partial charge in [-0.15, -0.1) is 0 Å². The van der Waals surface area contributed by atoms with Crippen LogP contribution in [0, 0.1) is 10.1 Å². The van der Waals surface area contributed by atoms with E-state index in [9.17, 15) is 20.0 Å². The van der Waals surface area contributed by atoms with Crippen molar-refractivity contribution in [1.82, 2.24) is 9.55 Å². The Hall–Kier alpha value is -2.70. The van der Waals surface area contributed by atoms with Crippen molar-refractivity contribution in [2.75, 3.05) is 0 Å². The van der Waals surface area contributed by atoms with E-state index in [0.717, 1.165) is 12.7 Å². The van der Waals surface area contributed by atoms with Gasteiger partial charge in [0.2, 0.25) is 0 Å². The Morgan fingerprint density at radius 3 is 2.95 bits per heavy atom.